The van der Waals surface area contributed by atoms with E-state index in [1.807, 2.05) is 17.0 Å². The molecule has 0 bridgehead atoms. The van der Waals surface area contributed by atoms with Gasteiger partial charge in [0.2, 0.25) is 5.71 Å². The first-order chi connectivity index (χ1) is 10.8. The topological polar surface area (TPSA) is 75.3 Å². The number of nitrogens with zero attached hydrogens (tertiary/aromatic N) is 3. The molecule has 0 atom stereocenters. The van der Waals surface area contributed by atoms with Crippen molar-refractivity contribution in [3.8, 4) is 6.07 Å². The Morgan fingerprint density at radius 1 is 1.14 bits per heavy atom. The second-order valence-corrected chi connectivity index (χ2v) is 5.92. The Bertz CT molecular complexity index is 635. The highest BCUT2D eigenvalue weighted by molar-refractivity contribution is 6.46. The quantitative estimate of drug-likeness (QED) is 0.511. The largest absolute Gasteiger partial charge is 0.355 e. The van der Waals surface area contributed by atoms with Crippen molar-refractivity contribution in [2.24, 2.45) is 5.10 Å². The van der Waals surface area contributed by atoms with E-state index in [1.165, 1.54) is 24.0 Å². The van der Waals surface area contributed by atoms with Crippen LogP contribution in [0.1, 0.15) is 36.8 Å². The van der Waals surface area contributed by atoms with Gasteiger partial charge in [0.15, 0.2) is 5.84 Å². The van der Waals surface area contributed by atoms with E-state index in [0.717, 1.165) is 44.5 Å². The van der Waals surface area contributed by atoms with Gasteiger partial charge in [-0.1, -0.05) is 6.07 Å². The van der Waals surface area contributed by atoms with Crippen LogP contribution in [0.2, 0.25) is 0 Å². The lowest BCUT2D eigenvalue weighted by molar-refractivity contribution is 0.344. The molecule has 0 saturated carbocycles. The molecular weight excluding hydrogens is 274 g/mol. The molecule has 3 rings (SSSR count). The van der Waals surface area contributed by atoms with Crippen molar-refractivity contribution in [2.45, 2.75) is 38.5 Å². The van der Waals surface area contributed by atoms with Crippen molar-refractivity contribution in [3.05, 3.63) is 29.3 Å². The zero-order valence-electron chi connectivity index (χ0n) is 12.7. The number of nitrogens with one attached hydrogen (secondary N) is 2. The Balaban J connectivity index is 1.69. The lowest BCUT2D eigenvalue weighted by Crippen LogP contribution is -2.39. The molecule has 5 heteroatoms. The third-order valence-electron chi connectivity index (χ3n) is 4.40. The molecule has 5 nitrogen and oxygen atoms in total. The van der Waals surface area contributed by atoms with Crippen LogP contribution in [0.15, 0.2) is 23.3 Å². The molecule has 2 aliphatic rings. The van der Waals surface area contributed by atoms with Crippen molar-refractivity contribution in [2.75, 3.05) is 18.5 Å². The fourth-order valence-electron chi connectivity index (χ4n) is 3.16. The smallest absolute Gasteiger partial charge is 0.202 e. The van der Waals surface area contributed by atoms with E-state index < -0.39 is 0 Å². The Morgan fingerprint density at radius 3 is 2.68 bits per heavy atom. The third-order valence-corrected chi connectivity index (χ3v) is 4.40. The van der Waals surface area contributed by atoms with Gasteiger partial charge in [0.25, 0.3) is 0 Å². The first kappa shape index (κ1) is 14.6. The molecule has 1 aliphatic carbocycles. The van der Waals surface area contributed by atoms with Crippen LogP contribution in [0.4, 0.5) is 5.69 Å². The van der Waals surface area contributed by atoms with E-state index in [0.29, 0.717) is 0 Å². The lowest BCUT2D eigenvalue weighted by Gasteiger charge is -2.27. The van der Waals surface area contributed by atoms with E-state index >= 15 is 0 Å². The number of hydrogen-bond donors (Lipinski definition) is 2. The van der Waals surface area contributed by atoms with Gasteiger partial charge >= 0.3 is 0 Å². The normalized spacial score (nSPS) is 17.8. The molecule has 1 aliphatic heterocycles. The van der Waals surface area contributed by atoms with Crippen LogP contribution in [-0.2, 0) is 12.8 Å². The predicted molar refractivity (Wildman–Crippen MR) is 88.3 cm³/mol. The zero-order chi connectivity index (χ0) is 15.4. The minimum atomic E-state index is 0.155. The van der Waals surface area contributed by atoms with Gasteiger partial charge < -0.3 is 4.90 Å². The van der Waals surface area contributed by atoms with Gasteiger partial charge in [-0.05, 0) is 61.8 Å². The maximum absolute atomic E-state index is 9.27. The van der Waals surface area contributed by atoms with Gasteiger partial charge in [0.1, 0.15) is 6.07 Å². The van der Waals surface area contributed by atoms with Crippen LogP contribution in [0.25, 0.3) is 0 Å². The summed E-state index contributed by atoms with van der Waals surface area (Å²) in [7, 11) is 0. The SMILES string of the molecule is N#CC(=NNc1ccc2c(c1)CCC2)C(=N)N1CCCCC1. The second-order valence-electron chi connectivity index (χ2n) is 5.92. The van der Waals surface area contributed by atoms with E-state index in [4.69, 9.17) is 5.41 Å². The van der Waals surface area contributed by atoms with Gasteiger partial charge in [-0.15, -0.1) is 0 Å². The summed E-state index contributed by atoms with van der Waals surface area (Å²) < 4.78 is 0. The molecule has 0 amide bonds. The van der Waals surface area contributed by atoms with Crippen LogP contribution >= 0.6 is 0 Å². The zero-order valence-corrected chi connectivity index (χ0v) is 12.7. The van der Waals surface area contributed by atoms with E-state index in [2.05, 4.69) is 22.7 Å². The number of amidine groups is 1. The number of aryl methyl sites for hydroxylation is 2. The summed E-state index contributed by atoms with van der Waals surface area (Å²) in [5, 5.41) is 21.6. The number of likely N-dealkylation sites (tertiary alicyclic amines) is 1. The number of piperidine rings is 1. The molecule has 1 saturated heterocycles. The first-order valence-electron chi connectivity index (χ1n) is 7.97. The van der Waals surface area contributed by atoms with Crippen molar-refractivity contribution >= 4 is 17.2 Å². The fourth-order valence-corrected chi connectivity index (χ4v) is 3.16. The number of rotatable bonds is 3. The van der Waals surface area contributed by atoms with Gasteiger partial charge in [-0.3, -0.25) is 10.8 Å². The number of fused-ring (bicyclic) bond motifs is 1. The second kappa shape index (κ2) is 6.61. The highest BCUT2D eigenvalue weighted by Gasteiger charge is 2.18. The average Bonchev–Trinajstić information content (AvgIpc) is 3.03. The molecule has 1 fully saturated rings. The Hall–Kier alpha value is -2.35. The Labute approximate surface area is 131 Å². The van der Waals surface area contributed by atoms with Crippen molar-refractivity contribution in [1.29, 1.82) is 10.7 Å². The van der Waals surface area contributed by atoms with Gasteiger partial charge in [-0.2, -0.15) is 10.4 Å². The fraction of sp³-hybridized carbons (Fsp3) is 0.471. The summed E-state index contributed by atoms with van der Waals surface area (Å²) >= 11 is 0. The summed E-state index contributed by atoms with van der Waals surface area (Å²) in [5.74, 6) is 0.232. The lowest BCUT2D eigenvalue weighted by atomic mass is 10.1. The maximum Gasteiger partial charge on any atom is 0.202 e. The van der Waals surface area contributed by atoms with E-state index in [-0.39, 0.29) is 11.5 Å². The number of nitriles is 1. The van der Waals surface area contributed by atoms with Crippen LogP contribution in [0, 0.1) is 16.7 Å². The van der Waals surface area contributed by atoms with Crippen molar-refractivity contribution in [3.63, 3.8) is 0 Å². The highest BCUT2D eigenvalue weighted by Crippen LogP contribution is 2.24. The van der Waals surface area contributed by atoms with Crippen molar-refractivity contribution < 1.29 is 0 Å². The highest BCUT2D eigenvalue weighted by atomic mass is 15.3. The maximum atomic E-state index is 9.27. The molecule has 0 radical (unpaired) electrons. The summed E-state index contributed by atoms with van der Waals surface area (Å²) in [5.41, 5.74) is 6.77. The summed E-state index contributed by atoms with van der Waals surface area (Å²) in [6.07, 6.45) is 6.85. The molecule has 0 aromatic heterocycles. The molecule has 1 heterocycles. The number of anilines is 1. The first-order valence-corrected chi connectivity index (χ1v) is 7.97. The number of hydrazone groups is 1. The summed E-state index contributed by atoms with van der Waals surface area (Å²) in [4.78, 5) is 1.94. The summed E-state index contributed by atoms with van der Waals surface area (Å²) in [6, 6.07) is 8.27. The molecule has 1 aromatic rings. The third kappa shape index (κ3) is 3.11. The minimum absolute atomic E-state index is 0.155. The Morgan fingerprint density at radius 2 is 1.91 bits per heavy atom. The molecule has 1 aromatic carbocycles. The standard InChI is InChI=1S/C17H21N5/c18-12-16(17(19)22-9-2-1-3-10-22)21-20-15-8-7-13-5-4-6-14(13)11-15/h7-8,11,19-20H,1-6,9-10H2. The van der Waals surface area contributed by atoms with Crippen LogP contribution in [0.5, 0.6) is 0 Å². The van der Waals surface area contributed by atoms with Crippen molar-refractivity contribution in [1.82, 2.24) is 4.90 Å². The van der Waals surface area contributed by atoms with Crippen LogP contribution in [-0.4, -0.2) is 29.5 Å². The van der Waals surface area contributed by atoms with Crippen LogP contribution < -0.4 is 5.43 Å². The average molecular weight is 295 g/mol. The summed E-state index contributed by atoms with van der Waals surface area (Å²) in [6.45, 7) is 1.69. The number of hydrogen-bond acceptors (Lipinski definition) is 4. The Kier molecular flexibility index (Phi) is 4.38. The monoisotopic (exact) mass is 295 g/mol. The van der Waals surface area contributed by atoms with Gasteiger partial charge in [-0.25, -0.2) is 0 Å². The predicted octanol–water partition coefficient (Wildman–Crippen LogP) is 2.93. The van der Waals surface area contributed by atoms with Crippen LogP contribution in [0.3, 0.4) is 0 Å². The number of benzene rings is 1. The van der Waals surface area contributed by atoms with E-state index in [9.17, 15) is 5.26 Å². The molecule has 2 N–H and O–H groups in total. The van der Waals surface area contributed by atoms with Gasteiger partial charge in [0, 0.05) is 13.1 Å². The molecule has 0 spiro atoms. The molecule has 0 unspecified atom stereocenters. The molecular formula is C17H21N5. The molecule has 22 heavy (non-hydrogen) atoms. The minimum Gasteiger partial charge on any atom is -0.355 e. The van der Waals surface area contributed by atoms with E-state index in [1.54, 1.807) is 0 Å². The van der Waals surface area contributed by atoms with Gasteiger partial charge in [0.05, 0.1) is 5.69 Å². The molecule has 114 valence electrons.